The monoisotopic (exact) mass is 292 g/mol. The summed E-state index contributed by atoms with van der Waals surface area (Å²) in [5.74, 6) is 0. The molecule has 2 N–H and O–H groups in total. The summed E-state index contributed by atoms with van der Waals surface area (Å²) in [5, 5.41) is 23.6. The van der Waals surface area contributed by atoms with Crippen molar-refractivity contribution in [1.29, 1.82) is 0 Å². The number of nitrogens with zero attached hydrogens (tertiary/aromatic N) is 4. The summed E-state index contributed by atoms with van der Waals surface area (Å²) in [6, 6.07) is 3.40. The predicted molar refractivity (Wildman–Crippen MR) is 73.2 cm³/mol. The minimum atomic E-state index is -1.08. The van der Waals surface area contributed by atoms with Crippen LogP contribution in [0.25, 0.3) is 5.52 Å². The Balaban J connectivity index is 1.80. The Morgan fingerprint density at radius 3 is 2.76 bits per heavy atom. The molecule has 0 saturated carbocycles. The molecule has 0 atom stereocenters. The van der Waals surface area contributed by atoms with Crippen molar-refractivity contribution >= 4 is 11.6 Å². The molecule has 0 spiro atoms. The summed E-state index contributed by atoms with van der Waals surface area (Å²) >= 11 is 0. The van der Waals surface area contributed by atoms with Gasteiger partial charge in [0.25, 0.3) is 5.56 Å². The Labute approximate surface area is 119 Å². The van der Waals surface area contributed by atoms with E-state index in [9.17, 15) is 14.7 Å². The Bertz CT molecular complexity index is 727. The number of carbonyl (C=O) groups is 1. The highest BCUT2D eigenvalue weighted by molar-refractivity contribution is 5.65. The number of aromatic nitrogens is 3. The largest absolute Gasteiger partial charge is 0.465 e. The first-order valence-electron chi connectivity index (χ1n) is 6.72. The lowest BCUT2D eigenvalue weighted by Crippen LogP contribution is -2.49. The lowest BCUT2D eigenvalue weighted by molar-refractivity contribution is -0.0305. The maximum Gasteiger partial charge on any atom is 0.407 e. The van der Waals surface area contributed by atoms with Crippen molar-refractivity contribution in [1.82, 2.24) is 19.1 Å². The van der Waals surface area contributed by atoms with E-state index in [1.54, 1.807) is 18.3 Å². The van der Waals surface area contributed by atoms with E-state index in [-0.39, 0.29) is 25.2 Å². The van der Waals surface area contributed by atoms with Gasteiger partial charge in [-0.1, -0.05) is 0 Å². The van der Waals surface area contributed by atoms with Crippen molar-refractivity contribution in [3.63, 3.8) is 0 Å². The van der Waals surface area contributed by atoms with Crippen molar-refractivity contribution in [2.24, 2.45) is 0 Å². The van der Waals surface area contributed by atoms with Crippen LogP contribution >= 0.6 is 0 Å². The fraction of sp³-hybridized carbons (Fsp3) is 0.462. The number of hydrogen-bond acceptors (Lipinski definition) is 4. The fourth-order valence-corrected chi connectivity index (χ4v) is 2.66. The van der Waals surface area contributed by atoms with E-state index in [1.165, 1.54) is 20.3 Å². The molecule has 1 amide bonds. The molecule has 8 heteroatoms. The standard InChI is InChI=1S/C13H16N4O4/c18-11-10-2-1-5-17(10)14-9-16(11)8-13(21)3-6-15(7-4-13)12(19)20/h1-2,5,9,21H,3-4,6-8H2,(H,19,20). The topological polar surface area (TPSA) is 100 Å². The molecule has 0 bridgehead atoms. The van der Waals surface area contributed by atoms with E-state index < -0.39 is 11.7 Å². The molecule has 0 aliphatic carbocycles. The first-order valence-corrected chi connectivity index (χ1v) is 6.72. The van der Waals surface area contributed by atoms with Gasteiger partial charge in [-0.25, -0.2) is 9.31 Å². The Morgan fingerprint density at radius 1 is 1.38 bits per heavy atom. The van der Waals surface area contributed by atoms with E-state index in [4.69, 9.17) is 5.11 Å². The van der Waals surface area contributed by atoms with Crippen LogP contribution in [0.15, 0.2) is 29.5 Å². The summed E-state index contributed by atoms with van der Waals surface area (Å²) in [4.78, 5) is 24.4. The first-order chi connectivity index (χ1) is 9.98. The van der Waals surface area contributed by atoms with Crippen LogP contribution in [0, 0.1) is 0 Å². The quantitative estimate of drug-likeness (QED) is 0.811. The Kier molecular flexibility index (Phi) is 3.17. The predicted octanol–water partition coefficient (Wildman–Crippen LogP) is 0.000900. The van der Waals surface area contributed by atoms with Gasteiger partial charge in [0.1, 0.15) is 11.8 Å². The van der Waals surface area contributed by atoms with Gasteiger partial charge in [-0.2, -0.15) is 5.10 Å². The molecular formula is C13H16N4O4. The van der Waals surface area contributed by atoms with Gasteiger partial charge >= 0.3 is 6.09 Å². The number of likely N-dealkylation sites (tertiary alicyclic amines) is 1. The molecular weight excluding hydrogens is 276 g/mol. The number of piperidine rings is 1. The lowest BCUT2D eigenvalue weighted by Gasteiger charge is -2.37. The van der Waals surface area contributed by atoms with Crippen LogP contribution in [0.3, 0.4) is 0 Å². The molecule has 2 aromatic rings. The lowest BCUT2D eigenvalue weighted by atomic mass is 9.91. The maximum absolute atomic E-state index is 12.3. The molecule has 2 aromatic heterocycles. The second kappa shape index (κ2) is 4.88. The normalized spacial score (nSPS) is 18.0. The smallest absolute Gasteiger partial charge is 0.407 e. The number of hydrogen-bond donors (Lipinski definition) is 2. The van der Waals surface area contributed by atoms with E-state index in [0.29, 0.717) is 18.4 Å². The SMILES string of the molecule is O=C(O)N1CCC(O)(Cn2cnn3cccc3c2=O)CC1. The number of amides is 1. The van der Waals surface area contributed by atoms with Gasteiger partial charge in [-0.3, -0.25) is 9.36 Å². The van der Waals surface area contributed by atoms with Gasteiger partial charge in [0.05, 0.1) is 12.1 Å². The van der Waals surface area contributed by atoms with Crippen molar-refractivity contribution in [3.8, 4) is 0 Å². The second-order valence-corrected chi connectivity index (χ2v) is 5.40. The van der Waals surface area contributed by atoms with Crippen molar-refractivity contribution in [2.75, 3.05) is 13.1 Å². The zero-order valence-corrected chi connectivity index (χ0v) is 11.3. The van der Waals surface area contributed by atoms with Crippen LogP contribution in [0.4, 0.5) is 4.79 Å². The molecule has 0 radical (unpaired) electrons. The highest BCUT2D eigenvalue weighted by atomic mass is 16.4. The molecule has 112 valence electrons. The van der Waals surface area contributed by atoms with Crippen LogP contribution in [-0.2, 0) is 6.54 Å². The summed E-state index contributed by atoms with van der Waals surface area (Å²) in [7, 11) is 0. The van der Waals surface area contributed by atoms with E-state index >= 15 is 0 Å². The van der Waals surface area contributed by atoms with E-state index in [1.807, 2.05) is 0 Å². The molecule has 8 nitrogen and oxygen atoms in total. The van der Waals surface area contributed by atoms with Gasteiger partial charge in [0, 0.05) is 19.3 Å². The van der Waals surface area contributed by atoms with E-state index in [2.05, 4.69) is 5.10 Å². The molecule has 1 fully saturated rings. The average Bonchev–Trinajstić information content (AvgIpc) is 2.91. The second-order valence-electron chi connectivity index (χ2n) is 5.40. The summed E-state index contributed by atoms with van der Waals surface area (Å²) < 4.78 is 2.86. The van der Waals surface area contributed by atoms with Crippen molar-refractivity contribution in [2.45, 2.75) is 25.0 Å². The van der Waals surface area contributed by atoms with Crippen LogP contribution in [0.1, 0.15) is 12.8 Å². The summed E-state index contributed by atoms with van der Waals surface area (Å²) in [6.45, 7) is 0.650. The third-order valence-corrected chi connectivity index (χ3v) is 3.95. The van der Waals surface area contributed by atoms with Gasteiger partial charge in [-0.15, -0.1) is 0 Å². The summed E-state index contributed by atoms with van der Waals surface area (Å²) in [5.41, 5.74) is -0.851. The molecule has 21 heavy (non-hydrogen) atoms. The van der Waals surface area contributed by atoms with E-state index in [0.717, 1.165) is 0 Å². The summed E-state index contributed by atoms with van der Waals surface area (Å²) in [6.07, 6.45) is 2.71. The van der Waals surface area contributed by atoms with Crippen LogP contribution < -0.4 is 5.56 Å². The molecule has 1 aliphatic rings. The molecule has 0 aromatic carbocycles. The van der Waals surface area contributed by atoms with Gasteiger partial charge < -0.3 is 15.1 Å². The Morgan fingerprint density at radius 2 is 2.10 bits per heavy atom. The average molecular weight is 292 g/mol. The molecule has 3 heterocycles. The van der Waals surface area contributed by atoms with Crippen molar-refractivity contribution in [3.05, 3.63) is 35.0 Å². The number of carboxylic acid groups (broad SMARTS) is 1. The van der Waals surface area contributed by atoms with Gasteiger partial charge in [0.15, 0.2) is 0 Å². The number of aliphatic hydroxyl groups is 1. The highest BCUT2D eigenvalue weighted by Crippen LogP contribution is 2.23. The highest BCUT2D eigenvalue weighted by Gasteiger charge is 2.34. The molecule has 3 rings (SSSR count). The fourth-order valence-electron chi connectivity index (χ4n) is 2.66. The molecule has 1 aliphatic heterocycles. The number of rotatable bonds is 2. The van der Waals surface area contributed by atoms with Crippen molar-refractivity contribution < 1.29 is 15.0 Å². The number of fused-ring (bicyclic) bond motifs is 1. The van der Waals surface area contributed by atoms with Gasteiger partial charge in [-0.05, 0) is 25.0 Å². The zero-order valence-electron chi connectivity index (χ0n) is 11.3. The third kappa shape index (κ3) is 2.49. The van der Waals surface area contributed by atoms with Crippen LogP contribution in [-0.4, -0.2) is 54.1 Å². The van der Waals surface area contributed by atoms with Crippen LogP contribution in [0.5, 0.6) is 0 Å². The minimum absolute atomic E-state index is 0.119. The maximum atomic E-state index is 12.3. The minimum Gasteiger partial charge on any atom is -0.465 e. The Hall–Kier alpha value is -2.35. The molecule has 1 saturated heterocycles. The van der Waals surface area contributed by atoms with Crippen LogP contribution in [0.2, 0.25) is 0 Å². The molecule has 0 unspecified atom stereocenters. The van der Waals surface area contributed by atoms with Gasteiger partial charge in [0.2, 0.25) is 0 Å². The third-order valence-electron chi connectivity index (χ3n) is 3.95. The first kappa shape index (κ1) is 13.6. The zero-order chi connectivity index (χ0) is 15.0.